The maximum atomic E-state index is 11.2. The summed E-state index contributed by atoms with van der Waals surface area (Å²) in [5.74, 6) is 1.55. The van der Waals surface area contributed by atoms with E-state index in [0.29, 0.717) is 12.5 Å². The highest BCUT2D eigenvalue weighted by Crippen LogP contribution is 2.48. The number of rotatable bonds is 7. The van der Waals surface area contributed by atoms with E-state index < -0.39 is 5.97 Å². The summed E-state index contributed by atoms with van der Waals surface area (Å²) in [7, 11) is 0. The van der Waals surface area contributed by atoms with Crippen molar-refractivity contribution >= 4 is 41.7 Å². The van der Waals surface area contributed by atoms with Crippen molar-refractivity contribution in [2.24, 2.45) is 5.92 Å². The maximum Gasteiger partial charge on any atom is 0.307 e. The smallest absolute Gasteiger partial charge is 0.307 e. The number of thioether (sulfide) groups is 1. The second kappa shape index (κ2) is 10.1. The van der Waals surface area contributed by atoms with Gasteiger partial charge in [0, 0.05) is 33.2 Å². The number of benzene rings is 2. The van der Waals surface area contributed by atoms with Crippen molar-refractivity contribution < 1.29 is 14.6 Å². The fourth-order valence-electron chi connectivity index (χ4n) is 5.15. The zero-order valence-electron chi connectivity index (χ0n) is 18.9. The molecule has 5 rings (SSSR count). The summed E-state index contributed by atoms with van der Waals surface area (Å²) in [6.07, 6.45) is 4.59. The van der Waals surface area contributed by atoms with Gasteiger partial charge in [0.15, 0.2) is 0 Å². The third-order valence-electron chi connectivity index (χ3n) is 7.35. The molecule has 7 heteroatoms. The molecule has 33 heavy (non-hydrogen) atoms. The van der Waals surface area contributed by atoms with Gasteiger partial charge in [0.05, 0.1) is 12.5 Å². The lowest BCUT2D eigenvalue weighted by Crippen LogP contribution is -2.45. The first kappa shape index (κ1) is 24.7. The van der Waals surface area contributed by atoms with Gasteiger partial charge in [-0.2, -0.15) is 0 Å². The van der Waals surface area contributed by atoms with Gasteiger partial charge in [0.2, 0.25) is 0 Å². The Hall–Kier alpha value is -1.40. The van der Waals surface area contributed by atoms with E-state index in [2.05, 4.69) is 35.2 Å². The van der Waals surface area contributed by atoms with Gasteiger partial charge in [0.1, 0.15) is 5.75 Å². The van der Waals surface area contributed by atoms with Crippen molar-refractivity contribution in [3.8, 4) is 5.75 Å². The van der Waals surface area contributed by atoms with E-state index in [-0.39, 0.29) is 23.7 Å². The predicted molar refractivity (Wildman–Crippen MR) is 136 cm³/mol. The van der Waals surface area contributed by atoms with Crippen molar-refractivity contribution in [1.82, 2.24) is 4.90 Å². The predicted octanol–water partition coefficient (Wildman–Crippen LogP) is 6.38. The number of nitrogens with zero attached hydrogens (tertiary/aromatic N) is 1. The second-order valence-electron chi connectivity index (χ2n) is 9.64. The summed E-state index contributed by atoms with van der Waals surface area (Å²) >= 11 is 8.37. The van der Waals surface area contributed by atoms with Crippen LogP contribution in [0.5, 0.6) is 5.75 Å². The molecule has 0 aromatic heterocycles. The number of carboxylic acids is 1. The topological polar surface area (TPSA) is 49.8 Å². The zero-order valence-corrected chi connectivity index (χ0v) is 21.3. The fraction of sp³-hybridized carbons (Fsp3) is 0.500. The first-order valence-corrected chi connectivity index (χ1v) is 12.9. The third kappa shape index (κ3) is 5.17. The molecule has 1 saturated heterocycles. The van der Waals surface area contributed by atoms with Gasteiger partial charge in [-0.05, 0) is 74.0 Å². The molecule has 178 valence electrons. The van der Waals surface area contributed by atoms with E-state index in [4.69, 9.17) is 16.3 Å². The van der Waals surface area contributed by atoms with Crippen molar-refractivity contribution in [1.29, 1.82) is 0 Å². The molecule has 3 aliphatic rings. The number of hydrogen-bond donors (Lipinski definition) is 1. The Labute approximate surface area is 211 Å². The van der Waals surface area contributed by atoms with Gasteiger partial charge in [-0.15, -0.1) is 24.2 Å². The van der Waals surface area contributed by atoms with Crippen LogP contribution in [-0.2, 0) is 16.0 Å². The number of carboxylic acid groups (broad SMARTS) is 1. The molecule has 1 N–H and O–H groups in total. The van der Waals surface area contributed by atoms with Gasteiger partial charge in [-0.3, -0.25) is 4.79 Å². The molecule has 1 aliphatic carbocycles. The highest BCUT2D eigenvalue weighted by Gasteiger charge is 2.43. The molecule has 0 bridgehead atoms. The Kier molecular flexibility index (Phi) is 7.54. The van der Waals surface area contributed by atoms with Crippen LogP contribution in [0.1, 0.15) is 55.2 Å². The van der Waals surface area contributed by atoms with E-state index in [9.17, 15) is 9.90 Å². The van der Waals surface area contributed by atoms with E-state index in [0.717, 1.165) is 49.1 Å². The standard InChI is InChI=1S/C26H30ClNO3S.ClH/c1-17(25(29)30)14-28-11-9-26(10-12-28)16-31-24-13-19(7-8-22(24)26)32-15-21-20(18-5-6-18)3-2-4-23(21)27;/h2-4,7-8,13,17-18H,5-6,9-12,14-16H2,1H3,(H,29,30);1H. The fourth-order valence-corrected chi connectivity index (χ4v) is 6.46. The highest BCUT2D eigenvalue weighted by molar-refractivity contribution is 7.98. The normalized spacial score (nSPS) is 20.1. The van der Waals surface area contributed by atoms with Gasteiger partial charge in [0.25, 0.3) is 0 Å². The van der Waals surface area contributed by atoms with E-state index in [1.54, 1.807) is 6.92 Å². The molecule has 1 atom stereocenters. The second-order valence-corrected chi connectivity index (χ2v) is 11.1. The number of likely N-dealkylation sites (tertiary alicyclic amines) is 1. The Morgan fingerprint density at radius 3 is 2.73 bits per heavy atom. The average Bonchev–Trinajstić information content (AvgIpc) is 3.58. The highest BCUT2D eigenvalue weighted by atomic mass is 35.5. The Morgan fingerprint density at radius 1 is 1.27 bits per heavy atom. The van der Waals surface area contributed by atoms with Crippen LogP contribution >= 0.6 is 35.8 Å². The van der Waals surface area contributed by atoms with E-state index in [1.807, 2.05) is 17.8 Å². The molecular weight excluding hydrogens is 477 g/mol. The van der Waals surface area contributed by atoms with E-state index >= 15 is 0 Å². The van der Waals surface area contributed by atoms with Gasteiger partial charge in [-0.1, -0.05) is 36.7 Å². The molecule has 0 amide bonds. The zero-order chi connectivity index (χ0) is 22.3. The number of carbonyl (C=O) groups is 1. The minimum Gasteiger partial charge on any atom is -0.492 e. The molecule has 2 heterocycles. The number of halogens is 2. The molecule has 2 fully saturated rings. The monoisotopic (exact) mass is 507 g/mol. The Morgan fingerprint density at radius 2 is 2.03 bits per heavy atom. The van der Waals surface area contributed by atoms with Crippen LogP contribution in [0.3, 0.4) is 0 Å². The average molecular weight is 509 g/mol. The number of hydrogen-bond acceptors (Lipinski definition) is 4. The molecule has 2 aromatic rings. The number of fused-ring (bicyclic) bond motifs is 2. The van der Waals surface area contributed by atoms with E-state index in [1.165, 1.54) is 34.4 Å². The summed E-state index contributed by atoms with van der Waals surface area (Å²) in [4.78, 5) is 14.7. The molecule has 2 aliphatic heterocycles. The van der Waals surface area contributed by atoms with Gasteiger partial charge >= 0.3 is 5.97 Å². The molecule has 1 spiro atoms. The number of aliphatic carboxylic acids is 1. The Bertz CT molecular complexity index is 1020. The minimum atomic E-state index is -0.717. The minimum absolute atomic E-state index is 0. The van der Waals surface area contributed by atoms with Crippen molar-refractivity contribution in [3.05, 3.63) is 58.1 Å². The van der Waals surface area contributed by atoms with Crippen molar-refractivity contribution in [2.75, 3.05) is 26.2 Å². The van der Waals surface area contributed by atoms with Crippen LogP contribution in [0.15, 0.2) is 41.3 Å². The summed E-state index contributed by atoms with van der Waals surface area (Å²) in [6.45, 7) is 4.99. The van der Waals surface area contributed by atoms with Crippen molar-refractivity contribution in [3.63, 3.8) is 0 Å². The van der Waals surface area contributed by atoms with Crippen LogP contribution in [0, 0.1) is 5.92 Å². The largest absolute Gasteiger partial charge is 0.492 e. The SMILES string of the molecule is CC(CN1CCC2(CC1)COc1cc(SCc3c(Cl)cccc3C3CC3)ccc12)C(=O)O.Cl. The van der Waals surface area contributed by atoms with Crippen LogP contribution in [-0.4, -0.2) is 42.2 Å². The van der Waals surface area contributed by atoms with Crippen LogP contribution in [0.4, 0.5) is 0 Å². The molecule has 2 aromatic carbocycles. The summed E-state index contributed by atoms with van der Waals surface area (Å²) < 4.78 is 6.18. The lowest BCUT2D eigenvalue weighted by Gasteiger charge is -2.39. The third-order valence-corrected chi connectivity index (χ3v) is 8.73. The maximum absolute atomic E-state index is 11.2. The lowest BCUT2D eigenvalue weighted by atomic mass is 9.74. The van der Waals surface area contributed by atoms with Gasteiger partial charge in [-0.25, -0.2) is 0 Å². The number of ether oxygens (including phenoxy) is 1. The van der Waals surface area contributed by atoms with Gasteiger partial charge < -0.3 is 14.7 Å². The summed E-state index contributed by atoms with van der Waals surface area (Å²) in [5.41, 5.74) is 4.10. The first-order chi connectivity index (χ1) is 15.4. The Balaban J connectivity index is 0.00000259. The lowest BCUT2D eigenvalue weighted by molar-refractivity contribution is -0.141. The van der Waals surface area contributed by atoms with Crippen LogP contribution in [0.2, 0.25) is 5.02 Å². The quantitative estimate of drug-likeness (QED) is 0.440. The molecule has 4 nitrogen and oxygen atoms in total. The van der Waals surface area contributed by atoms with Crippen LogP contribution in [0.25, 0.3) is 0 Å². The molecule has 1 unspecified atom stereocenters. The van der Waals surface area contributed by atoms with Crippen LogP contribution < -0.4 is 4.74 Å². The number of piperidine rings is 1. The first-order valence-electron chi connectivity index (χ1n) is 11.6. The van der Waals surface area contributed by atoms with Crippen molar-refractivity contribution in [2.45, 2.75) is 54.6 Å². The molecule has 1 saturated carbocycles. The summed E-state index contributed by atoms with van der Waals surface area (Å²) in [6, 6.07) is 13.0. The molecular formula is C26H31Cl2NO3S. The molecule has 0 radical (unpaired) electrons. The summed E-state index contributed by atoms with van der Waals surface area (Å²) in [5, 5.41) is 10.1.